The van der Waals surface area contributed by atoms with E-state index in [0.717, 1.165) is 50.4 Å². The normalized spacial score (nSPS) is 15.9. The first-order valence-corrected chi connectivity index (χ1v) is 13.7. The van der Waals surface area contributed by atoms with Crippen LogP contribution in [0.5, 0.6) is 5.75 Å². The van der Waals surface area contributed by atoms with E-state index in [0.29, 0.717) is 12.5 Å². The van der Waals surface area contributed by atoms with Crippen LogP contribution >= 0.6 is 0 Å². The molecule has 3 nitrogen and oxygen atoms in total. The van der Waals surface area contributed by atoms with Crippen molar-refractivity contribution in [3.05, 3.63) is 29.3 Å². The second-order valence-electron chi connectivity index (χ2n) is 9.84. The molecule has 1 aliphatic rings. The Morgan fingerprint density at radius 2 is 1.62 bits per heavy atom. The lowest BCUT2D eigenvalue weighted by molar-refractivity contribution is -0.134. The van der Waals surface area contributed by atoms with Gasteiger partial charge in [-0.25, -0.2) is 0 Å². The van der Waals surface area contributed by atoms with Gasteiger partial charge in [0.15, 0.2) is 0 Å². The van der Waals surface area contributed by atoms with Crippen molar-refractivity contribution in [1.29, 1.82) is 0 Å². The first-order chi connectivity index (χ1) is 15.6. The minimum absolute atomic E-state index is 0.0516. The number of unbranched alkanes of at least 4 members (excludes halogenated alkanes) is 2. The Morgan fingerprint density at radius 3 is 2.25 bits per heavy atom. The van der Waals surface area contributed by atoms with Gasteiger partial charge in [-0.15, -0.1) is 0 Å². The second kappa shape index (κ2) is 15.5. The van der Waals surface area contributed by atoms with Gasteiger partial charge in [-0.2, -0.15) is 0 Å². The van der Waals surface area contributed by atoms with Gasteiger partial charge in [0.1, 0.15) is 5.75 Å². The predicted molar refractivity (Wildman–Crippen MR) is 136 cm³/mol. The molecule has 0 fully saturated rings. The van der Waals surface area contributed by atoms with Crippen LogP contribution in [0.1, 0.15) is 116 Å². The highest BCUT2D eigenvalue weighted by Gasteiger charge is 2.26. The lowest BCUT2D eigenvalue weighted by Crippen LogP contribution is -2.40. The molecule has 0 amide bonds. The number of rotatable bonds is 16. The van der Waals surface area contributed by atoms with Crippen molar-refractivity contribution < 1.29 is 9.53 Å². The third-order valence-corrected chi connectivity index (χ3v) is 7.10. The number of nitrogens with zero attached hydrogens (tertiary/aromatic N) is 1. The molecule has 0 heterocycles. The molecule has 0 aromatic heterocycles. The Morgan fingerprint density at radius 1 is 0.969 bits per heavy atom. The Balaban J connectivity index is 1.92. The lowest BCUT2D eigenvalue weighted by atomic mass is 9.86. The summed E-state index contributed by atoms with van der Waals surface area (Å²) in [5.41, 5.74) is 2.65. The molecule has 1 aromatic rings. The molecule has 2 rings (SSSR count). The third kappa shape index (κ3) is 8.89. The van der Waals surface area contributed by atoms with Gasteiger partial charge in [0, 0.05) is 12.5 Å². The second-order valence-corrected chi connectivity index (χ2v) is 9.84. The van der Waals surface area contributed by atoms with Gasteiger partial charge >= 0.3 is 5.97 Å². The summed E-state index contributed by atoms with van der Waals surface area (Å²) in [7, 11) is 0. The van der Waals surface area contributed by atoms with E-state index in [2.05, 4.69) is 44.7 Å². The van der Waals surface area contributed by atoms with Gasteiger partial charge in [0.25, 0.3) is 0 Å². The maximum Gasteiger partial charge on any atom is 0.311 e. The fraction of sp³-hybridized carbons (Fsp3) is 0.759. The number of ether oxygens (including phenoxy) is 1. The van der Waals surface area contributed by atoms with E-state index in [1.165, 1.54) is 68.9 Å². The van der Waals surface area contributed by atoms with Crippen LogP contribution in [0.4, 0.5) is 0 Å². The molecule has 0 spiro atoms. The Kier molecular flexibility index (Phi) is 13.0. The maximum absolute atomic E-state index is 12.7. The van der Waals surface area contributed by atoms with Crippen LogP contribution in [0.25, 0.3) is 0 Å². The topological polar surface area (TPSA) is 29.5 Å². The number of hydrogen-bond donors (Lipinski definition) is 0. The molecular formula is C29H49NO2. The van der Waals surface area contributed by atoms with Crippen LogP contribution in [-0.2, 0) is 17.6 Å². The SMILES string of the molecule is CCCCC(CCCC)CCCC(=O)Oc1cccc2c1CC(N(CCC)CCC)CC2. The number of carbonyl (C=O) groups excluding carboxylic acids is 1. The van der Waals surface area contributed by atoms with Crippen LogP contribution in [0.3, 0.4) is 0 Å². The molecule has 0 saturated heterocycles. The minimum Gasteiger partial charge on any atom is -0.426 e. The summed E-state index contributed by atoms with van der Waals surface area (Å²) in [5, 5.41) is 0. The van der Waals surface area contributed by atoms with Crippen molar-refractivity contribution in [2.75, 3.05) is 13.1 Å². The maximum atomic E-state index is 12.7. The van der Waals surface area contributed by atoms with Gasteiger partial charge in [-0.05, 0) is 81.1 Å². The van der Waals surface area contributed by atoms with Gasteiger partial charge in [-0.3, -0.25) is 4.79 Å². The van der Waals surface area contributed by atoms with Crippen molar-refractivity contribution in [2.24, 2.45) is 5.92 Å². The molecule has 1 aromatic carbocycles. The van der Waals surface area contributed by atoms with E-state index in [9.17, 15) is 4.79 Å². The minimum atomic E-state index is -0.0516. The molecule has 32 heavy (non-hydrogen) atoms. The summed E-state index contributed by atoms with van der Waals surface area (Å²) in [6.45, 7) is 11.4. The molecule has 1 aliphatic carbocycles. The Hall–Kier alpha value is -1.35. The molecule has 0 radical (unpaired) electrons. The zero-order valence-corrected chi connectivity index (χ0v) is 21.5. The standard InChI is InChI=1S/C29H49NO2/c1-5-9-13-24(14-10-6-2)15-11-18-29(31)32-28-17-12-16-25-19-20-26(23-27(25)28)30(21-7-3)22-8-4/h12,16-17,24,26H,5-11,13-15,18-23H2,1-4H3. The van der Waals surface area contributed by atoms with Crippen molar-refractivity contribution in [2.45, 2.75) is 124 Å². The molecule has 0 aliphatic heterocycles. The average Bonchev–Trinajstić information content (AvgIpc) is 2.80. The molecule has 182 valence electrons. The van der Waals surface area contributed by atoms with Crippen molar-refractivity contribution in [3.63, 3.8) is 0 Å². The summed E-state index contributed by atoms with van der Waals surface area (Å²) in [6.07, 6.45) is 16.1. The van der Waals surface area contributed by atoms with E-state index in [1.807, 2.05) is 6.07 Å². The summed E-state index contributed by atoms with van der Waals surface area (Å²) >= 11 is 0. The van der Waals surface area contributed by atoms with Gasteiger partial charge in [0.2, 0.25) is 0 Å². The van der Waals surface area contributed by atoms with E-state index in [4.69, 9.17) is 4.74 Å². The molecule has 3 heteroatoms. The number of fused-ring (bicyclic) bond motifs is 1. The summed E-state index contributed by atoms with van der Waals surface area (Å²) < 4.78 is 5.95. The molecule has 0 N–H and O–H groups in total. The summed E-state index contributed by atoms with van der Waals surface area (Å²) in [4.78, 5) is 15.3. The number of carbonyl (C=O) groups is 1. The van der Waals surface area contributed by atoms with Crippen LogP contribution in [0.15, 0.2) is 18.2 Å². The smallest absolute Gasteiger partial charge is 0.311 e. The quantitative estimate of drug-likeness (QED) is 0.193. The Bertz CT molecular complexity index is 643. The van der Waals surface area contributed by atoms with E-state index < -0.39 is 0 Å². The first-order valence-electron chi connectivity index (χ1n) is 13.7. The molecule has 0 saturated carbocycles. The highest BCUT2D eigenvalue weighted by molar-refractivity contribution is 5.73. The van der Waals surface area contributed by atoms with Crippen molar-refractivity contribution >= 4 is 5.97 Å². The summed E-state index contributed by atoms with van der Waals surface area (Å²) in [5.74, 6) is 1.54. The van der Waals surface area contributed by atoms with Crippen molar-refractivity contribution in [3.8, 4) is 5.75 Å². The van der Waals surface area contributed by atoms with Crippen LogP contribution in [0, 0.1) is 5.92 Å². The number of aryl methyl sites for hydroxylation is 1. The van der Waals surface area contributed by atoms with E-state index >= 15 is 0 Å². The predicted octanol–water partition coefficient (Wildman–Crippen LogP) is 7.74. The molecule has 1 unspecified atom stereocenters. The number of hydrogen-bond acceptors (Lipinski definition) is 3. The number of esters is 1. The van der Waals surface area contributed by atoms with Gasteiger partial charge in [0.05, 0.1) is 0 Å². The molecule has 0 bridgehead atoms. The van der Waals surface area contributed by atoms with Crippen LogP contribution in [0.2, 0.25) is 0 Å². The highest BCUT2D eigenvalue weighted by Crippen LogP contribution is 2.32. The number of benzene rings is 1. The molecular weight excluding hydrogens is 394 g/mol. The largest absolute Gasteiger partial charge is 0.426 e. The third-order valence-electron chi connectivity index (χ3n) is 7.10. The average molecular weight is 444 g/mol. The molecule has 1 atom stereocenters. The first kappa shape index (κ1) is 26.9. The lowest BCUT2D eigenvalue weighted by Gasteiger charge is -2.35. The van der Waals surface area contributed by atoms with Crippen LogP contribution in [-0.4, -0.2) is 30.0 Å². The van der Waals surface area contributed by atoms with E-state index in [1.54, 1.807) is 0 Å². The zero-order chi connectivity index (χ0) is 23.2. The zero-order valence-electron chi connectivity index (χ0n) is 21.5. The van der Waals surface area contributed by atoms with Gasteiger partial charge in [-0.1, -0.05) is 78.4 Å². The van der Waals surface area contributed by atoms with Crippen molar-refractivity contribution in [1.82, 2.24) is 4.90 Å². The fourth-order valence-corrected chi connectivity index (χ4v) is 5.32. The highest BCUT2D eigenvalue weighted by atomic mass is 16.5. The monoisotopic (exact) mass is 443 g/mol. The summed E-state index contributed by atoms with van der Waals surface area (Å²) in [6, 6.07) is 6.86. The van der Waals surface area contributed by atoms with Gasteiger partial charge < -0.3 is 9.64 Å². The van der Waals surface area contributed by atoms with Crippen LogP contribution < -0.4 is 4.74 Å². The fourth-order valence-electron chi connectivity index (χ4n) is 5.32. The Labute approximate surface area is 198 Å². The van der Waals surface area contributed by atoms with E-state index in [-0.39, 0.29) is 5.97 Å².